The third-order valence-electron chi connectivity index (χ3n) is 3.02. The van der Waals surface area contributed by atoms with Crippen LogP contribution in [0.2, 0.25) is 0 Å². The van der Waals surface area contributed by atoms with Crippen LogP contribution in [0.25, 0.3) is 0 Å². The predicted molar refractivity (Wildman–Crippen MR) is 70.5 cm³/mol. The second kappa shape index (κ2) is 6.40. The zero-order valence-electron chi connectivity index (χ0n) is 11.1. The molecule has 0 aliphatic carbocycles. The molecule has 0 fully saturated rings. The first-order valence-electron chi connectivity index (χ1n) is 6.23. The number of nitrogens with one attached hydrogen (secondary N) is 1. The maximum Gasteiger partial charge on any atom is 0.320 e. The van der Waals surface area contributed by atoms with E-state index < -0.39 is 12.0 Å². The highest BCUT2D eigenvalue weighted by Gasteiger charge is 2.24. The summed E-state index contributed by atoms with van der Waals surface area (Å²) < 4.78 is 0. The van der Waals surface area contributed by atoms with Crippen molar-refractivity contribution in [1.29, 1.82) is 0 Å². The van der Waals surface area contributed by atoms with Gasteiger partial charge in [0.2, 0.25) is 0 Å². The van der Waals surface area contributed by atoms with Crippen molar-refractivity contribution in [1.82, 2.24) is 5.32 Å². The van der Waals surface area contributed by atoms with E-state index in [0.29, 0.717) is 0 Å². The quantitative estimate of drug-likeness (QED) is 0.726. The van der Waals surface area contributed by atoms with Crippen LogP contribution in [0.3, 0.4) is 0 Å². The van der Waals surface area contributed by atoms with Gasteiger partial charge < -0.3 is 10.2 Å². The van der Waals surface area contributed by atoms with Crippen LogP contribution in [-0.4, -0.2) is 22.2 Å². The van der Waals surface area contributed by atoms with Gasteiger partial charge in [-0.25, -0.2) is 0 Å². The third kappa shape index (κ3) is 3.74. The zero-order chi connectivity index (χ0) is 13.7. The topological polar surface area (TPSA) is 69.6 Å². The van der Waals surface area contributed by atoms with Gasteiger partial charge in [0.15, 0.2) is 0 Å². The molecule has 0 saturated heterocycles. The number of aromatic hydroxyl groups is 1. The predicted octanol–water partition coefficient (Wildman–Crippen LogP) is 2.54. The van der Waals surface area contributed by atoms with Crippen LogP contribution in [0, 0.1) is 5.92 Å². The summed E-state index contributed by atoms with van der Waals surface area (Å²) in [5.74, 6) is -0.594. The second-order valence-electron chi connectivity index (χ2n) is 4.78. The van der Waals surface area contributed by atoms with E-state index in [0.717, 1.165) is 12.0 Å². The van der Waals surface area contributed by atoms with Crippen LogP contribution in [0.5, 0.6) is 5.75 Å². The van der Waals surface area contributed by atoms with Crippen LogP contribution in [0.15, 0.2) is 24.3 Å². The average molecular weight is 251 g/mol. The lowest BCUT2D eigenvalue weighted by molar-refractivity contribution is -0.140. The van der Waals surface area contributed by atoms with Gasteiger partial charge in [-0.05, 0) is 30.0 Å². The minimum atomic E-state index is -0.831. The maximum atomic E-state index is 11.2. The van der Waals surface area contributed by atoms with Crippen LogP contribution >= 0.6 is 0 Å². The van der Waals surface area contributed by atoms with Crippen molar-refractivity contribution in [2.75, 3.05) is 0 Å². The first-order valence-corrected chi connectivity index (χ1v) is 6.23. The van der Waals surface area contributed by atoms with Crippen molar-refractivity contribution < 1.29 is 15.0 Å². The standard InChI is InChI=1S/C14H21NO3/c1-4-12(10-5-7-11(16)8-6-10)15-13(9(2)3)14(17)18/h5-9,12-13,15-16H,4H2,1-3H3,(H,17,18). The Hall–Kier alpha value is -1.55. The molecule has 0 saturated carbocycles. The number of phenols is 1. The lowest BCUT2D eigenvalue weighted by Crippen LogP contribution is -2.42. The van der Waals surface area contributed by atoms with Crippen molar-refractivity contribution in [3.63, 3.8) is 0 Å². The smallest absolute Gasteiger partial charge is 0.320 e. The van der Waals surface area contributed by atoms with Crippen LogP contribution in [0.1, 0.15) is 38.8 Å². The Morgan fingerprint density at radius 1 is 1.28 bits per heavy atom. The van der Waals surface area contributed by atoms with Gasteiger partial charge in [-0.15, -0.1) is 0 Å². The van der Waals surface area contributed by atoms with Crippen molar-refractivity contribution >= 4 is 5.97 Å². The molecule has 0 heterocycles. The van der Waals surface area contributed by atoms with Gasteiger partial charge in [0.1, 0.15) is 11.8 Å². The Bertz CT molecular complexity index is 387. The molecular weight excluding hydrogens is 230 g/mol. The minimum Gasteiger partial charge on any atom is -0.508 e. The fourth-order valence-electron chi connectivity index (χ4n) is 1.92. The fraction of sp³-hybridized carbons (Fsp3) is 0.500. The van der Waals surface area contributed by atoms with Gasteiger partial charge in [-0.2, -0.15) is 0 Å². The highest BCUT2D eigenvalue weighted by Crippen LogP contribution is 2.21. The maximum absolute atomic E-state index is 11.2. The van der Waals surface area contributed by atoms with E-state index in [2.05, 4.69) is 5.32 Å². The monoisotopic (exact) mass is 251 g/mol. The largest absolute Gasteiger partial charge is 0.508 e. The fourth-order valence-corrected chi connectivity index (χ4v) is 1.92. The average Bonchev–Trinajstić information content (AvgIpc) is 2.31. The number of carbonyl (C=O) groups is 1. The van der Waals surface area contributed by atoms with E-state index in [9.17, 15) is 15.0 Å². The molecule has 0 aliphatic heterocycles. The van der Waals surface area contributed by atoms with Gasteiger partial charge in [0.25, 0.3) is 0 Å². The molecule has 1 aromatic carbocycles. The van der Waals surface area contributed by atoms with E-state index in [1.165, 1.54) is 0 Å². The molecule has 4 nitrogen and oxygen atoms in total. The number of hydrogen-bond donors (Lipinski definition) is 3. The first kappa shape index (κ1) is 14.5. The van der Waals surface area contributed by atoms with Crippen LogP contribution in [-0.2, 0) is 4.79 Å². The lowest BCUT2D eigenvalue weighted by atomic mass is 9.99. The summed E-state index contributed by atoms with van der Waals surface area (Å²) in [4.78, 5) is 11.2. The summed E-state index contributed by atoms with van der Waals surface area (Å²) in [6.45, 7) is 5.77. The molecule has 100 valence electrons. The van der Waals surface area contributed by atoms with E-state index in [1.54, 1.807) is 12.1 Å². The summed E-state index contributed by atoms with van der Waals surface area (Å²) in [6.07, 6.45) is 0.793. The third-order valence-corrected chi connectivity index (χ3v) is 3.02. The van der Waals surface area contributed by atoms with Gasteiger partial charge in [-0.1, -0.05) is 32.9 Å². The molecule has 0 aliphatic rings. The number of carboxylic acids is 1. The van der Waals surface area contributed by atoms with Crippen molar-refractivity contribution in [2.45, 2.75) is 39.3 Å². The molecule has 2 unspecified atom stereocenters. The number of phenolic OH excluding ortho intramolecular Hbond substituents is 1. The molecule has 0 spiro atoms. The Morgan fingerprint density at radius 2 is 1.83 bits per heavy atom. The normalized spacial score (nSPS) is 14.4. The van der Waals surface area contributed by atoms with Gasteiger partial charge >= 0.3 is 5.97 Å². The van der Waals surface area contributed by atoms with Crippen LogP contribution in [0.4, 0.5) is 0 Å². The van der Waals surface area contributed by atoms with Crippen molar-refractivity contribution in [3.05, 3.63) is 29.8 Å². The number of carboxylic acid groups (broad SMARTS) is 1. The van der Waals surface area contributed by atoms with E-state index >= 15 is 0 Å². The molecule has 1 rings (SSSR count). The molecule has 0 radical (unpaired) electrons. The SMILES string of the molecule is CCC(NC(C(=O)O)C(C)C)c1ccc(O)cc1. The number of hydrogen-bond acceptors (Lipinski definition) is 3. The molecule has 0 amide bonds. The molecule has 0 aromatic heterocycles. The molecule has 4 heteroatoms. The highest BCUT2D eigenvalue weighted by molar-refractivity contribution is 5.73. The zero-order valence-corrected chi connectivity index (χ0v) is 11.1. The minimum absolute atomic E-state index is 0.0194. The van der Waals surface area contributed by atoms with Gasteiger partial charge in [0, 0.05) is 6.04 Å². The molecule has 1 aromatic rings. The highest BCUT2D eigenvalue weighted by atomic mass is 16.4. The number of aliphatic carboxylic acids is 1. The molecule has 3 N–H and O–H groups in total. The van der Waals surface area contributed by atoms with Crippen molar-refractivity contribution in [3.8, 4) is 5.75 Å². The second-order valence-corrected chi connectivity index (χ2v) is 4.78. The van der Waals surface area contributed by atoms with Crippen molar-refractivity contribution in [2.24, 2.45) is 5.92 Å². The van der Waals surface area contributed by atoms with E-state index in [1.807, 2.05) is 32.9 Å². The van der Waals surface area contributed by atoms with Crippen LogP contribution < -0.4 is 5.32 Å². The first-order chi connectivity index (χ1) is 8.45. The molecule has 2 atom stereocenters. The molecular formula is C14H21NO3. The summed E-state index contributed by atoms with van der Waals surface area (Å²) in [6, 6.07) is 6.28. The van der Waals surface area contributed by atoms with Gasteiger partial charge in [-0.3, -0.25) is 10.1 Å². The summed E-state index contributed by atoms with van der Waals surface area (Å²) >= 11 is 0. The number of benzene rings is 1. The Morgan fingerprint density at radius 3 is 2.22 bits per heavy atom. The summed E-state index contributed by atoms with van der Waals surface area (Å²) in [7, 11) is 0. The Balaban J connectivity index is 2.83. The summed E-state index contributed by atoms with van der Waals surface area (Å²) in [5, 5.41) is 21.6. The van der Waals surface area contributed by atoms with E-state index in [4.69, 9.17) is 0 Å². The molecule has 18 heavy (non-hydrogen) atoms. The Kier molecular flexibility index (Phi) is 5.16. The van der Waals surface area contributed by atoms with Gasteiger partial charge in [0.05, 0.1) is 0 Å². The Labute approximate surface area is 108 Å². The summed E-state index contributed by atoms with van der Waals surface area (Å²) in [5.41, 5.74) is 0.988. The molecule has 0 bridgehead atoms. The number of rotatable bonds is 6. The van der Waals surface area contributed by atoms with E-state index in [-0.39, 0.29) is 17.7 Å². The lowest BCUT2D eigenvalue weighted by Gasteiger charge is -2.25.